The molecule has 1 aromatic carbocycles. The van der Waals surface area contributed by atoms with Crippen molar-refractivity contribution in [3.63, 3.8) is 0 Å². The Kier molecular flexibility index (Phi) is 10.2. The molecule has 1 aromatic heterocycles. The van der Waals surface area contributed by atoms with E-state index in [0.29, 0.717) is 25.3 Å². The van der Waals surface area contributed by atoms with Crippen LogP contribution >= 0.6 is 0 Å². The van der Waals surface area contributed by atoms with Crippen molar-refractivity contribution in [1.29, 1.82) is 0 Å². The van der Waals surface area contributed by atoms with Gasteiger partial charge in [0, 0.05) is 43.3 Å². The largest absolute Gasteiger partial charge is 0.478 e. The Bertz CT molecular complexity index is 1360. The molecule has 1 aliphatic carbocycles. The van der Waals surface area contributed by atoms with E-state index in [9.17, 15) is 36.6 Å². The maximum Gasteiger partial charge on any atom is 0.421 e. The van der Waals surface area contributed by atoms with Gasteiger partial charge in [0.2, 0.25) is 11.8 Å². The molecule has 44 heavy (non-hydrogen) atoms. The van der Waals surface area contributed by atoms with Gasteiger partial charge in [-0.15, -0.1) is 0 Å². The topological polar surface area (TPSA) is 83.0 Å². The minimum absolute atomic E-state index is 0.0115. The number of likely N-dealkylation sites (tertiary alicyclic amines) is 1. The van der Waals surface area contributed by atoms with E-state index in [0.717, 1.165) is 37.2 Å². The average Bonchev–Trinajstić information content (AvgIpc) is 2.92. The first-order valence-electron chi connectivity index (χ1n) is 14.8. The minimum Gasteiger partial charge on any atom is -0.478 e. The first-order valence-corrected chi connectivity index (χ1v) is 14.8. The molecule has 0 spiro atoms. The molecule has 4 rings (SSSR count). The van der Waals surface area contributed by atoms with Crippen LogP contribution in [0.1, 0.15) is 80.8 Å². The Morgan fingerprint density at radius 3 is 2.43 bits per heavy atom. The number of ether oxygens (including phenoxy) is 1. The first-order chi connectivity index (χ1) is 20.6. The summed E-state index contributed by atoms with van der Waals surface area (Å²) in [5.41, 5.74) is -1.95. The highest BCUT2D eigenvalue weighted by Crippen LogP contribution is 2.40. The number of hydrogen-bond acceptors (Lipinski definition) is 5. The number of carbonyl (C=O) groups excluding carboxylic acids is 1. The molecule has 2 fully saturated rings. The second kappa shape index (κ2) is 13.3. The van der Waals surface area contributed by atoms with Crippen LogP contribution in [-0.4, -0.2) is 58.5 Å². The standard InChI is InChI=1S/C31H37F6N3O4/c1-18(2)40(28(41)21-7-5-19(3)6-8-21)25-15-24(32)26(14-22(25)29(42)43)44-27-23(31(35,36)37)13-20(16-38-27)9-12-39-11-4-10-30(33,34)17-39/h13-16,18-19,21H,4-12,17H2,1-3H3,(H,42,43). The van der Waals surface area contributed by atoms with Gasteiger partial charge in [0.1, 0.15) is 5.56 Å². The van der Waals surface area contributed by atoms with E-state index in [2.05, 4.69) is 11.9 Å². The summed E-state index contributed by atoms with van der Waals surface area (Å²) in [6.07, 6.45) is -0.948. The molecule has 0 bridgehead atoms. The Balaban J connectivity index is 1.61. The van der Waals surface area contributed by atoms with Crippen LogP contribution in [0.15, 0.2) is 24.4 Å². The number of amides is 1. The molecule has 242 valence electrons. The van der Waals surface area contributed by atoms with E-state index in [4.69, 9.17) is 4.74 Å². The number of nitrogens with zero attached hydrogens (tertiary/aromatic N) is 3. The smallest absolute Gasteiger partial charge is 0.421 e. The number of aromatic nitrogens is 1. The highest BCUT2D eigenvalue weighted by atomic mass is 19.4. The highest BCUT2D eigenvalue weighted by Gasteiger charge is 2.38. The van der Waals surface area contributed by atoms with Crippen molar-refractivity contribution in [3.05, 3.63) is 46.9 Å². The number of carboxylic acids is 1. The molecule has 7 nitrogen and oxygen atoms in total. The Hall–Kier alpha value is -3.35. The van der Waals surface area contributed by atoms with Crippen LogP contribution in [0.4, 0.5) is 32.0 Å². The fourth-order valence-corrected chi connectivity index (χ4v) is 5.89. The van der Waals surface area contributed by atoms with Gasteiger partial charge >= 0.3 is 12.1 Å². The van der Waals surface area contributed by atoms with Gasteiger partial charge in [-0.3, -0.25) is 9.69 Å². The molecule has 2 aliphatic rings. The lowest BCUT2D eigenvalue weighted by Gasteiger charge is -2.34. The lowest BCUT2D eigenvalue weighted by atomic mass is 9.82. The number of hydrogen-bond donors (Lipinski definition) is 1. The van der Waals surface area contributed by atoms with Gasteiger partial charge in [0.05, 0.1) is 17.8 Å². The minimum atomic E-state index is -4.97. The van der Waals surface area contributed by atoms with E-state index in [1.165, 1.54) is 9.80 Å². The number of anilines is 1. The summed E-state index contributed by atoms with van der Waals surface area (Å²) in [5, 5.41) is 9.96. The molecule has 0 atom stereocenters. The van der Waals surface area contributed by atoms with Crippen molar-refractivity contribution in [2.45, 2.75) is 83.9 Å². The molecule has 1 saturated carbocycles. The second-order valence-corrected chi connectivity index (χ2v) is 12.1. The maximum absolute atomic E-state index is 15.4. The first kappa shape index (κ1) is 33.5. The van der Waals surface area contributed by atoms with Crippen LogP contribution in [-0.2, 0) is 17.4 Å². The van der Waals surface area contributed by atoms with Crippen molar-refractivity contribution in [2.24, 2.45) is 11.8 Å². The number of benzene rings is 1. The number of alkyl halides is 5. The number of piperidine rings is 1. The fraction of sp³-hybridized carbons (Fsp3) is 0.581. The zero-order chi connectivity index (χ0) is 32.4. The van der Waals surface area contributed by atoms with Gasteiger partial charge in [-0.2, -0.15) is 13.2 Å². The van der Waals surface area contributed by atoms with Crippen molar-refractivity contribution in [3.8, 4) is 11.6 Å². The van der Waals surface area contributed by atoms with Crippen LogP contribution < -0.4 is 9.64 Å². The summed E-state index contributed by atoms with van der Waals surface area (Å²) in [7, 11) is 0. The van der Waals surface area contributed by atoms with E-state index in [1.54, 1.807) is 13.8 Å². The maximum atomic E-state index is 15.4. The molecular weight excluding hydrogens is 592 g/mol. The van der Waals surface area contributed by atoms with E-state index >= 15 is 4.39 Å². The summed E-state index contributed by atoms with van der Waals surface area (Å²) >= 11 is 0. The lowest BCUT2D eigenvalue weighted by Crippen LogP contribution is -2.43. The molecule has 0 radical (unpaired) electrons. The molecule has 13 heteroatoms. The Morgan fingerprint density at radius 1 is 1.16 bits per heavy atom. The molecule has 0 unspecified atom stereocenters. The predicted octanol–water partition coefficient (Wildman–Crippen LogP) is 7.57. The van der Waals surface area contributed by atoms with Gasteiger partial charge in [0.15, 0.2) is 11.6 Å². The van der Waals surface area contributed by atoms with E-state index in [-0.39, 0.29) is 48.9 Å². The molecule has 1 N–H and O–H groups in total. The number of pyridine rings is 1. The van der Waals surface area contributed by atoms with Gasteiger partial charge in [0.25, 0.3) is 5.92 Å². The third-order valence-corrected chi connectivity index (χ3v) is 8.27. The van der Waals surface area contributed by atoms with Crippen molar-refractivity contribution >= 4 is 17.6 Å². The summed E-state index contributed by atoms with van der Waals surface area (Å²) in [6.45, 7) is 5.43. The lowest BCUT2D eigenvalue weighted by molar-refractivity contribution is -0.139. The molecule has 2 heterocycles. The van der Waals surface area contributed by atoms with Gasteiger partial charge < -0.3 is 14.7 Å². The number of halogens is 6. The van der Waals surface area contributed by atoms with Gasteiger partial charge in [-0.05, 0) is 76.5 Å². The number of rotatable bonds is 9. The second-order valence-electron chi connectivity index (χ2n) is 12.1. The summed E-state index contributed by atoms with van der Waals surface area (Å²) in [4.78, 5) is 32.2. The predicted molar refractivity (Wildman–Crippen MR) is 151 cm³/mol. The average molecular weight is 630 g/mol. The van der Waals surface area contributed by atoms with Crippen molar-refractivity contribution in [1.82, 2.24) is 9.88 Å². The van der Waals surface area contributed by atoms with Gasteiger partial charge in [-0.1, -0.05) is 6.92 Å². The van der Waals surface area contributed by atoms with Crippen LogP contribution in [0.25, 0.3) is 0 Å². The van der Waals surface area contributed by atoms with Gasteiger partial charge in [-0.25, -0.2) is 22.9 Å². The van der Waals surface area contributed by atoms with Crippen LogP contribution in [0.2, 0.25) is 0 Å². The number of carboxylic acid groups (broad SMARTS) is 1. The zero-order valence-electron chi connectivity index (χ0n) is 24.9. The Labute approximate surface area is 252 Å². The molecular formula is C31H37F6N3O4. The fourth-order valence-electron chi connectivity index (χ4n) is 5.89. The SMILES string of the molecule is CC1CCC(C(=O)N(c2cc(F)c(Oc3ncc(CCN4CCCC(F)(F)C4)cc3C(F)(F)F)cc2C(=O)O)C(C)C)CC1. The third-order valence-electron chi connectivity index (χ3n) is 8.27. The number of carbonyl (C=O) groups is 2. The highest BCUT2D eigenvalue weighted by molar-refractivity contribution is 6.03. The molecule has 1 amide bonds. The molecule has 1 saturated heterocycles. The number of aromatic carboxylic acids is 1. The van der Waals surface area contributed by atoms with Crippen molar-refractivity contribution < 1.29 is 45.8 Å². The summed E-state index contributed by atoms with van der Waals surface area (Å²) in [6, 6.07) is 1.77. The van der Waals surface area contributed by atoms with Crippen LogP contribution in [0.3, 0.4) is 0 Å². The summed E-state index contributed by atoms with van der Waals surface area (Å²) < 4.78 is 90.2. The molecule has 2 aromatic rings. The molecule has 1 aliphatic heterocycles. The third kappa shape index (κ3) is 8.02. The Morgan fingerprint density at radius 2 is 1.84 bits per heavy atom. The zero-order valence-corrected chi connectivity index (χ0v) is 24.9. The monoisotopic (exact) mass is 629 g/mol. The normalized spacial score (nSPS) is 20.9. The summed E-state index contributed by atoms with van der Waals surface area (Å²) in [5.74, 6) is -7.61. The van der Waals surface area contributed by atoms with Crippen LogP contribution in [0.5, 0.6) is 11.6 Å². The van der Waals surface area contributed by atoms with E-state index in [1.807, 2.05) is 0 Å². The van der Waals surface area contributed by atoms with Crippen molar-refractivity contribution in [2.75, 3.05) is 24.5 Å². The quantitative estimate of drug-likeness (QED) is 0.288. The van der Waals surface area contributed by atoms with Crippen LogP contribution in [0, 0.1) is 17.7 Å². The van der Waals surface area contributed by atoms with E-state index < -0.39 is 59.2 Å².